The number of likely N-dealkylation sites (tertiary alicyclic amines) is 1. The lowest BCUT2D eigenvalue weighted by atomic mass is 9.98. The number of amides is 1. The van der Waals surface area contributed by atoms with Crippen molar-refractivity contribution in [3.8, 4) is 10.6 Å². The Kier molecular flexibility index (Phi) is 5.27. The molecule has 3 atom stereocenters. The zero-order chi connectivity index (χ0) is 17.6. The number of fused-ring (bicyclic) bond motifs is 1. The van der Waals surface area contributed by atoms with Crippen LogP contribution in [0.1, 0.15) is 23.3 Å². The van der Waals surface area contributed by atoms with Gasteiger partial charge in [-0.1, -0.05) is 0 Å². The van der Waals surface area contributed by atoms with Gasteiger partial charge in [-0.2, -0.15) is 0 Å². The largest absolute Gasteiger partial charge is 0.337 e. The molecule has 2 aliphatic rings. The number of thiazole rings is 1. The first-order valence-corrected chi connectivity index (χ1v) is 9.16. The first-order valence-electron chi connectivity index (χ1n) is 8.28. The van der Waals surface area contributed by atoms with Gasteiger partial charge in [0.2, 0.25) is 0 Å². The average Bonchev–Trinajstić information content (AvgIpc) is 3.32. The van der Waals surface area contributed by atoms with E-state index in [-0.39, 0.29) is 30.0 Å². The van der Waals surface area contributed by atoms with Gasteiger partial charge in [0.05, 0.1) is 4.92 Å². The minimum atomic E-state index is -0.435. The standard InChI is InChI=1S/C17H18N4O3S.ClH/c18-14-6-3-11-7-20(8-13(11)14)17(22)15-9-25-16(19-15)10-1-4-12(5-2-10)21(23)24;/h1-2,4-5,9,11,13-14H,3,6-8,18H2;1H. The topological polar surface area (TPSA) is 102 Å². The molecule has 2 aromatic rings. The van der Waals surface area contributed by atoms with Crippen molar-refractivity contribution >= 4 is 35.3 Å². The monoisotopic (exact) mass is 394 g/mol. The summed E-state index contributed by atoms with van der Waals surface area (Å²) in [6.07, 6.45) is 2.15. The molecular weight excluding hydrogens is 376 g/mol. The molecule has 2 heterocycles. The van der Waals surface area contributed by atoms with Crippen LogP contribution in [0.25, 0.3) is 10.6 Å². The molecular formula is C17H19ClN4O3S. The predicted molar refractivity (Wildman–Crippen MR) is 102 cm³/mol. The molecule has 26 heavy (non-hydrogen) atoms. The summed E-state index contributed by atoms with van der Waals surface area (Å²) in [4.78, 5) is 29.3. The summed E-state index contributed by atoms with van der Waals surface area (Å²) in [5.74, 6) is 0.884. The fourth-order valence-corrected chi connectivity index (χ4v) is 4.67. The zero-order valence-corrected chi connectivity index (χ0v) is 15.5. The van der Waals surface area contributed by atoms with Gasteiger partial charge in [-0.3, -0.25) is 14.9 Å². The van der Waals surface area contributed by atoms with Crippen LogP contribution >= 0.6 is 23.7 Å². The molecule has 4 rings (SSSR count). The van der Waals surface area contributed by atoms with Crippen molar-refractivity contribution < 1.29 is 9.72 Å². The quantitative estimate of drug-likeness (QED) is 0.636. The predicted octanol–water partition coefficient (Wildman–Crippen LogP) is 2.95. The van der Waals surface area contributed by atoms with Crippen LogP contribution in [0, 0.1) is 22.0 Å². The van der Waals surface area contributed by atoms with Gasteiger partial charge in [-0.15, -0.1) is 23.7 Å². The molecule has 0 spiro atoms. The highest BCUT2D eigenvalue weighted by molar-refractivity contribution is 7.13. The third-order valence-electron chi connectivity index (χ3n) is 5.25. The fraction of sp³-hybridized carbons (Fsp3) is 0.412. The summed E-state index contributed by atoms with van der Waals surface area (Å²) in [7, 11) is 0. The zero-order valence-electron chi connectivity index (χ0n) is 13.9. The van der Waals surface area contributed by atoms with E-state index in [9.17, 15) is 14.9 Å². The second-order valence-corrected chi connectivity index (χ2v) is 7.58. The van der Waals surface area contributed by atoms with E-state index in [1.165, 1.54) is 23.5 Å². The molecule has 0 bridgehead atoms. The van der Waals surface area contributed by atoms with Crippen LogP contribution in [-0.4, -0.2) is 39.8 Å². The van der Waals surface area contributed by atoms with Crippen molar-refractivity contribution in [2.75, 3.05) is 13.1 Å². The third-order valence-corrected chi connectivity index (χ3v) is 6.14. The molecule has 1 aromatic heterocycles. The number of nitrogens with zero attached hydrogens (tertiary/aromatic N) is 3. The minimum Gasteiger partial charge on any atom is -0.337 e. The van der Waals surface area contributed by atoms with Gasteiger partial charge in [-0.25, -0.2) is 4.98 Å². The number of nitro benzene ring substituents is 1. The van der Waals surface area contributed by atoms with Gasteiger partial charge < -0.3 is 10.6 Å². The van der Waals surface area contributed by atoms with E-state index in [2.05, 4.69) is 4.98 Å². The molecule has 2 fully saturated rings. The number of rotatable bonds is 3. The molecule has 138 valence electrons. The molecule has 1 aliphatic carbocycles. The normalized spacial score (nSPS) is 24.2. The van der Waals surface area contributed by atoms with Gasteiger partial charge in [0.15, 0.2) is 0 Å². The summed E-state index contributed by atoms with van der Waals surface area (Å²) >= 11 is 1.37. The Bertz CT molecular complexity index is 826. The molecule has 1 aliphatic heterocycles. The lowest BCUT2D eigenvalue weighted by Gasteiger charge is -2.17. The number of nitro groups is 1. The summed E-state index contributed by atoms with van der Waals surface area (Å²) in [6.45, 7) is 1.48. The number of carbonyl (C=O) groups is 1. The van der Waals surface area contributed by atoms with Crippen LogP contribution in [0.4, 0.5) is 5.69 Å². The SMILES string of the molecule is Cl.NC1CCC2CN(C(=O)c3csc(-c4ccc([N+](=O)[O-])cc4)n3)CC12. The van der Waals surface area contributed by atoms with E-state index in [4.69, 9.17) is 5.73 Å². The van der Waals surface area contributed by atoms with Crippen molar-refractivity contribution in [3.63, 3.8) is 0 Å². The number of aromatic nitrogens is 1. The highest BCUT2D eigenvalue weighted by Crippen LogP contribution is 2.37. The average molecular weight is 395 g/mol. The van der Waals surface area contributed by atoms with Crippen molar-refractivity contribution in [2.45, 2.75) is 18.9 Å². The van der Waals surface area contributed by atoms with E-state index in [1.54, 1.807) is 17.5 Å². The number of hydrogen-bond donors (Lipinski definition) is 1. The van der Waals surface area contributed by atoms with Crippen LogP contribution in [0.5, 0.6) is 0 Å². The highest BCUT2D eigenvalue weighted by Gasteiger charge is 2.42. The minimum absolute atomic E-state index is 0. The number of hydrogen-bond acceptors (Lipinski definition) is 6. The van der Waals surface area contributed by atoms with E-state index in [0.717, 1.165) is 31.5 Å². The third kappa shape index (κ3) is 3.32. The van der Waals surface area contributed by atoms with Gasteiger partial charge in [0, 0.05) is 42.2 Å². The van der Waals surface area contributed by atoms with E-state index in [0.29, 0.717) is 22.5 Å². The van der Waals surface area contributed by atoms with Gasteiger partial charge in [-0.05, 0) is 36.8 Å². The number of carbonyl (C=O) groups excluding carboxylic acids is 1. The Hall–Kier alpha value is -2.03. The fourth-order valence-electron chi connectivity index (χ4n) is 3.87. The highest BCUT2D eigenvalue weighted by atomic mass is 35.5. The lowest BCUT2D eigenvalue weighted by Crippen LogP contribution is -2.33. The number of halogens is 1. The first-order chi connectivity index (χ1) is 12.0. The maximum absolute atomic E-state index is 12.7. The molecule has 1 saturated carbocycles. The number of non-ortho nitro benzene ring substituents is 1. The van der Waals surface area contributed by atoms with Crippen LogP contribution in [0.15, 0.2) is 29.6 Å². The van der Waals surface area contributed by atoms with Gasteiger partial charge in [0.1, 0.15) is 10.7 Å². The lowest BCUT2D eigenvalue weighted by molar-refractivity contribution is -0.384. The second-order valence-electron chi connectivity index (χ2n) is 6.72. The van der Waals surface area contributed by atoms with Crippen molar-refractivity contribution in [1.29, 1.82) is 0 Å². The van der Waals surface area contributed by atoms with E-state index in [1.807, 2.05) is 4.90 Å². The molecule has 7 nitrogen and oxygen atoms in total. The maximum atomic E-state index is 12.7. The van der Waals surface area contributed by atoms with E-state index < -0.39 is 4.92 Å². The Balaban J connectivity index is 0.00000196. The summed E-state index contributed by atoms with van der Waals surface area (Å²) in [5, 5.41) is 13.2. The van der Waals surface area contributed by atoms with Crippen molar-refractivity contribution in [2.24, 2.45) is 17.6 Å². The van der Waals surface area contributed by atoms with Crippen molar-refractivity contribution in [1.82, 2.24) is 9.88 Å². The van der Waals surface area contributed by atoms with E-state index >= 15 is 0 Å². The molecule has 1 saturated heterocycles. The van der Waals surface area contributed by atoms with Crippen molar-refractivity contribution in [3.05, 3.63) is 45.5 Å². The Labute approximate surface area is 160 Å². The Morgan fingerprint density at radius 1 is 1.27 bits per heavy atom. The Morgan fingerprint density at radius 3 is 2.65 bits per heavy atom. The van der Waals surface area contributed by atoms with Crippen LogP contribution < -0.4 is 5.73 Å². The molecule has 1 aromatic carbocycles. The maximum Gasteiger partial charge on any atom is 0.273 e. The van der Waals surface area contributed by atoms with Gasteiger partial charge in [0.25, 0.3) is 11.6 Å². The number of nitrogens with two attached hydrogens (primary N) is 1. The number of benzene rings is 1. The molecule has 9 heteroatoms. The van der Waals surface area contributed by atoms with Crippen LogP contribution in [0.3, 0.4) is 0 Å². The molecule has 3 unspecified atom stereocenters. The molecule has 0 radical (unpaired) electrons. The summed E-state index contributed by atoms with van der Waals surface area (Å²) in [5.41, 5.74) is 7.38. The Morgan fingerprint density at radius 2 is 2.00 bits per heavy atom. The molecule has 1 amide bonds. The van der Waals surface area contributed by atoms with Gasteiger partial charge >= 0.3 is 0 Å². The smallest absolute Gasteiger partial charge is 0.273 e. The summed E-state index contributed by atoms with van der Waals surface area (Å²) < 4.78 is 0. The first kappa shape index (κ1) is 18.8. The molecule has 2 N–H and O–H groups in total. The van der Waals surface area contributed by atoms with Crippen LogP contribution in [0.2, 0.25) is 0 Å². The van der Waals surface area contributed by atoms with Crippen LogP contribution in [-0.2, 0) is 0 Å². The summed E-state index contributed by atoms with van der Waals surface area (Å²) in [6, 6.07) is 6.41. The second kappa shape index (κ2) is 7.30.